The van der Waals surface area contributed by atoms with Crippen LogP contribution in [0.15, 0.2) is 18.2 Å². The number of likely N-dealkylation sites (tertiary alicyclic amines) is 1. The predicted molar refractivity (Wildman–Crippen MR) is 80.3 cm³/mol. The van der Waals surface area contributed by atoms with Crippen LogP contribution in [0.1, 0.15) is 40.7 Å². The van der Waals surface area contributed by atoms with Gasteiger partial charge in [-0.15, -0.1) is 0 Å². The van der Waals surface area contributed by atoms with Crippen LogP contribution in [0.5, 0.6) is 0 Å². The zero-order chi connectivity index (χ0) is 14.8. The number of benzene rings is 1. The van der Waals surface area contributed by atoms with Crippen LogP contribution < -0.4 is 0 Å². The summed E-state index contributed by atoms with van der Waals surface area (Å²) in [5.41, 5.74) is 2.95. The van der Waals surface area contributed by atoms with Crippen molar-refractivity contribution < 1.29 is 14.3 Å². The first kappa shape index (κ1) is 14.5. The number of rotatable bonds is 2. The van der Waals surface area contributed by atoms with Crippen molar-refractivity contribution in [3.8, 4) is 0 Å². The van der Waals surface area contributed by atoms with Gasteiger partial charge in [-0.3, -0.25) is 4.79 Å². The lowest BCUT2D eigenvalue weighted by molar-refractivity contribution is -0.100. The maximum absolute atomic E-state index is 13.0. The number of piperidine rings is 1. The molecule has 21 heavy (non-hydrogen) atoms. The smallest absolute Gasteiger partial charge is 0.254 e. The molecule has 0 aliphatic carbocycles. The zero-order valence-corrected chi connectivity index (χ0v) is 12.8. The fourth-order valence-electron chi connectivity index (χ4n) is 3.21. The Bertz CT molecular complexity index is 523. The van der Waals surface area contributed by atoms with Gasteiger partial charge in [-0.2, -0.15) is 0 Å². The van der Waals surface area contributed by atoms with E-state index in [1.165, 1.54) is 0 Å². The SMILES string of the molecule is Cc1ccc(C)c(C(=O)N2CCCCC2C2OCCO2)c1. The van der Waals surface area contributed by atoms with E-state index in [1.807, 2.05) is 36.9 Å². The Hall–Kier alpha value is -1.39. The lowest BCUT2D eigenvalue weighted by Gasteiger charge is -2.38. The second-order valence-electron chi connectivity index (χ2n) is 5.99. The van der Waals surface area contributed by atoms with Crippen LogP contribution >= 0.6 is 0 Å². The molecule has 0 bridgehead atoms. The highest BCUT2D eigenvalue weighted by Gasteiger charge is 2.36. The Morgan fingerprint density at radius 2 is 1.95 bits per heavy atom. The average Bonchev–Trinajstić information content (AvgIpc) is 3.03. The van der Waals surface area contributed by atoms with Gasteiger partial charge in [-0.1, -0.05) is 17.7 Å². The van der Waals surface area contributed by atoms with E-state index in [9.17, 15) is 4.79 Å². The molecule has 3 rings (SSSR count). The summed E-state index contributed by atoms with van der Waals surface area (Å²) in [5.74, 6) is 0.111. The minimum atomic E-state index is -0.251. The minimum absolute atomic E-state index is 0.0497. The van der Waals surface area contributed by atoms with Crippen LogP contribution in [-0.4, -0.2) is 42.9 Å². The lowest BCUT2D eigenvalue weighted by atomic mass is 9.98. The van der Waals surface area contributed by atoms with E-state index < -0.39 is 0 Å². The molecule has 4 nitrogen and oxygen atoms in total. The van der Waals surface area contributed by atoms with E-state index in [1.54, 1.807) is 0 Å². The monoisotopic (exact) mass is 289 g/mol. The third kappa shape index (κ3) is 2.97. The summed E-state index contributed by atoms with van der Waals surface area (Å²) in [6.07, 6.45) is 2.89. The molecule has 0 radical (unpaired) electrons. The number of aryl methyl sites for hydroxylation is 2. The molecular formula is C17H23NO3. The molecule has 0 N–H and O–H groups in total. The van der Waals surface area contributed by atoms with Gasteiger partial charge in [0, 0.05) is 12.1 Å². The first-order chi connectivity index (χ1) is 10.2. The van der Waals surface area contributed by atoms with Gasteiger partial charge >= 0.3 is 0 Å². The van der Waals surface area contributed by atoms with Gasteiger partial charge in [0.05, 0.1) is 19.3 Å². The Labute approximate surface area is 126 Å². The van der Waals surface area contributed by atoms with E-state index in [-0.39, 0.29) is 18.2 Å². The number of ether oxygens (including phenoxy) is 2. The van der Waals surface area contributed by atoms with Crippen molar-refractivity contribution in [3.05, 3.63) is 34.9 Å². The zero-order valence-electron chi connectivity index (χ0n) is 12.8. The number of hydrogen-bond acceptors (Lipinski definition) is 3. The molecule has 0 saturated carbocycles. The van der Waals surface area contributed by atoms with Crippen molar-refractivity contribution in [1.29, 1.82) is 0 Å². The van der Waals surface area contributed by atoms with Gasteiger partial charge in [0.2, 0.25) is 0 Å². The molecule has 2 aliphatic rings. The number of nitrogens with zero attached hydrogens (tertiary/aromatic N) is 1. The van der Waals surface area contributed by atoms with Crippen LogP contribution in [0, 0.1) is 13.8 Å². The van der Waals surface area contributed by atoms with Crippen LogP contribution in [0.4, 0.5) is 0 Å². The van der Waals surface area contributed by atoms with Gasteiger partial charge in [-0.05, 0) is 44.7 Å². The first-order valence-electron chi connectivity index (χ1n) is 7.78. The van der Waals surface area contributed by atoms with E-state index in [0.29, 0.717) is 13.2 Å². The topological polar surface area (TPSA) is 38.8 Å². The van der Waals surface area contributed by atoms with Crippen LogP contribution in [-0.2, 0) is 9.47 Å². The molecule has 2 saturated heterocycles. The van der Waals surface area contributed by atoms with Crippen LogP contribution in [0.3, 0.4) is 0 Å². The molecule has 1 aromatic rings. The van der Waals surface area contributed by atoms with Gasteiger partial charge in [0.1, 0.15) is 0 Å². The fraction of sp³-hybridized carbons (Fsp3) is 0.588. The average molecular weight is 289 g/mol. The molecule has 1 amide bonds. The number of amides is 1. The number of carbonyl (C=O) groups excluding carboxylic acids is 1. The number of hydrogen-bond donors (Lipinski definition) is 0. The maximum Gasteiger partial charge on any atom is 0.254 e. The molecule has 1 aromatic carbocycles. The van der Waals surface area contributed by atoms with Crippen molar-refractivity contribution >= 4 is 5.91 Å². The van der Waals surface area contributed by atoms with Gasteiger partial charge in [-0.25, -0.2) is 0 Å². The van der Waals surface area contributed by atoms with Crippen molar-refractivity contribution in [1.82, 2.24) is 4.90 Å². The Balaban J connectivity index is 1.85. The number of carbonyl (C=O) groups is 1. The highest BCUT2D eigenvalue weighted by molar-refractivity contribution is 5.96. The summed E-state index contributed by atoms with van der Waals surface area (Å²) in [7, 11) is 0. The minimum Gasteiger partial charge on any atom is -0.348 e. The molecule has 0 aromatic heterocycles. The van der Waals surface area contributed by atoms with Gasteiger partial charge < -0.3 is 14.4 Å². The molecular weight excluding hydrogens is 266 g/mol. The Morgan fingerprint density at radius 3 is 2.71 bits per heavy atom. The standard InChI is InChI=1S/C17H23NO3/c1-12-6-7-13(2)14(11-12)16(19)18-8-4-3-5-15(18)17-20-9-10-21-17/h6-7,11,15,17H,3-5,8-10H2,1-2H3. The lowest BCUT2D eigenvalue weighted by Crippen LogP contribution is -2.50. The van der Waals surface area contributed by atoms with E-state index in [2.05, 4.69) is 0 Å². The summed E-state index contributed by atoms with van der Waals surface area (Å²) >= 11 is 0. The van der Waals surface area contributed by atoms with Gasteiger partial charge in [0.25, 0.3) is 5.91 Å². The highest BCUT2D eigenvalue weighted by Crippen LogP contribution is 2.26. The largest absolute Gasteiger partial charge is 0.348 e. The van der Waals surface area contributed by atoms with Crippen molar-refractivity contribution in [2.24, 2.45) is 0 Å². The molecule has 2 heterocycles. The third-order valence-electron chi connectivity index (χ3n) is 4.40. The maximum atomic E-state index is 13.0. The summed E-state index contributed by atoms with van der Waals surface area (Å²) in [5, 5.41) is 0. The molecule has 1 atom stereocenters. The fourth-order valence-corrected chi connectivity index (χ4v) is 3.21. The van der Waals surface area contributed by atoms with Crippen molar-refractivity contribution in [3.63, 3.8) is 0 Å². The van der Waals surface area contributed by atoms with Crippen LogP contribution in [0.25, 0.3) is 0 Å². The summed E-state index contributed by atoms with van der Waals surface area (Å²) in [6.45, 7) is 6.07. The van der Waals surface area contributed by atoms with E-state index >= 15 is 0 Å². The van der Waals surface area contributed by atoms with E-state index in [0.717, 1.165) is 42.5 Å². The molecule has 2 fully saturated rings. The molecule has 4 heteroatoms. The molecule has 114 valence electrons. The molecule has 0 spiro atoms. The first-order valence-corrected chi connectivity index (χ1v) is 7.78. The second kappa shape index (κ2) is 6.16. The molecule has 2 aliphatic heterocycles. The van der Waals surface area contributed by atoms with Crippen molar-refractivity contribution in [2.75, 3.05) is 19.8 Å². The third-order valence-corrected chi connectivity index (χ3v) is 4.40. The van der Waals surface area contributed by atoms with E-state index in [4.69, 9.17) is 9.47 Å². The van der Waals surface area contributed by atoms with Crippen molar-refractivity contribution in [2.45, 2.75) is 45.4 Å². The van der Waals surface area contributed by atoms with Crippen LogP contribution in [0.2, 0.25) is 0 Å². The summed E-state index contributed by atoms with van der Waals surface area (Å²) < 4.78 is 11.3. The summed E-state index contributed by atoms with van der Waals surface area (Å²) in [6, 6.07) is 6.10. The normalized spacial score (nSPS) is 23.5. The Morgan fingerprint density at radius 1 is 1.19 bits per heavy atom. The van der Waals surface area contributed by atoms with Gasteiger partial charge in [0.15, 0.2) is 6.29 Å². The Kier molecular flexibility index (Phi) is 4.27. The summed E-state index contributed by atoms with van der Waals surface area (Å²) in [4.78, 5) is 14.9. The second-order valence-corrected chi connectivity index (χ2v) is 5.99. The highest BCUT2D eigenvalue weighted by atomic mass is 16.7. The quantitative estimate of drug-likeness (QED) is 0.840. The predicted octanol–water partition coefficient (Wildman–Crippen LogP) is 2.67. The molecule has 1 unspecified atom stereocenters.